The van der Waals surface area contributed by atoms with Crippen LogP contribution in [0.1, 0.15) is 0 Å². The van der Waals surface area contributed by atoms with Crippen LogP contribution in [0.3, 0.4) is 0 Å². The lowest BCUT2D eigenvalue weighted by atomic mass is 10.2. The minimum Gasteiger partial charge on any atom is -0.435 e. The SMILES string of the molecule is FC(F)Oc1ccc(-c2cn3cccc(Br)c3n2)cc1. The molecule has 1 aromatic carbocycles. The van der Waals surface area contributed by atoms with Crippen molar-refractivity contribution in [1.29, 1.82) is 0 Å². The number of imidazole rings is 1. The molecule has 3 aromatic rings. The van der Waals surface area contributed by atoms with E-state index in [2.05, 4.69) is 25.7 Å². The lowest BCUT2D eigenvalue weighted by molar-refractivity contribution is -0.0498. The molecule has 0 aliphatic carbocycles. The van der Waals surface area contributed by atoms with Crippen molar-refractivity contribution in [3.63, 3.8) is 0 Å². The fourth-order valence-electron chi connectivity index (χ4n) is 1.92. The zero-order chi connectivity index (χ0) is 14.1. The van der Waals surface area contributed by atoms with Gasteiger partial charge in [-0.2, -0.15) is 8.78 Å². The molecule has 6 heteroatoms. The molecule has 0 saturated heterocycles. The molecule has 0 amide bonds. The number of rotatable bonds is 3. The van der Waals surface area contributed by atoms with E-state index in [0.29, 0.717) is 0 Å². The minimum absolute atomic E-state index is 0.133. The first-order chi connectivity index (χ1) is 9.63. The van der Waals surface area contributed by atoms with Crippen molar-refractivity contribution in [3.8, 4) is 17.0 Å². The summed E-state index contributed by atoms with van der Waals surface area (Å²) in [5.74, 6) is 0.133. The monoisotopic (exact) mass is 338 g/mol. The molecule has 0 aliphatic rings. The van der Waals surface area contributed by atoms with Gasteiger partial charge in [0.25, 0.3) is 0 Å². The summed E-state index contributed by atoms with van der Waals surface area (Å²) >= 11 is 3.43. The predicted molar refractivity (Wildman–Crippen MR) is 75.0 cm³/mol. The molecular weight excluding hydrogens is 330 g/mol. The molecule has 3 rings (SSSR count). The van der Waals surface area contributed by atoms with E-state index in [1.54, 1.807) is 12.1 Å². The second kappa shape index (κ2) is 5.20. The number of alkyl halides is 2. The summed E-state index contributed by atoms with van der Waals surface area (Å²) in [6.07, 6.45) is 3.77. The van der Waals surface area contributed by atoms with Crippen molar-refractivity contribution >= 4 is 21.6 Å². The Bertz CT molecular complexity index is 741. The number of hydrogen-bond donors (Lipinski definition) is 0. The molecule has 0 saturated carbocycles. The Balaban J connectivity index is 1.96. The topological polar surface area (TPSA) is 26.5 Å². The van der Waals surface area contributed by atoms with Gasteiger partial charge in [0, 0.05) is 18.0 Å². The summed E-state index contributed by atoms with van der Waals surface area (Å²) in [6, 6.07) is 10.2. The highest BCUT2D eigenvalue weighted by molar-refractivity contribution is 9.10. The molecule has 0 aliphatic heterocycles. The van der Waals surface area contributed by atoms with Crippen LogP contribution in [-0.4, -0.2) is 16.0 Å². The van der Waals surface area contributed by atoms with Crippen molar-refractivity contribution in [1.82, 2.24) is 9.38 Å². The number of nitrogens with zero attached hydrogens (tertiary/aromatic N) is 2. The van der Waals surface area contributed by atoms with Crippen molar-refractivity contribution < 1.29 is 13.5 Å². The number of benzene rings is 1. The van der Waals surface area contributed by atoms with Crippen molar-refractivity contribution in [2.24, 2.45) is 0 Å². The van der Waals surface area contributed by atoms with Gasteiger partial charge in [0.1, 0.15) is 5.75 Å². The molecule has 2 heterocycles. The molecular formula is C14H9BrF2N2O. The van der Waals surface area contributed by atoms with Crippen molar-refractivity contribution in [2.75, 3.05) is 0 Å². The van der Waals surface area contributed by atoms with E-state index in [-0.39, 0.29) is 5.75 Å². The first kappa shape index (κ1) is 13.1. The second-order valence-electron chi connectivity index (χ2n) is 4.12. The molecule has 0 unspecified atom stereocenters. The van der Waals surface area contributed by atoms with Crippen molar-refractivity contribution in [2.45, 2.75) is 6.61 Å². The van der Waals surface area contributed by atoms with Crippen LogP contribution < -0.4 is 4.74 Å². The molecule has 102 valence electrons. The highest BCUT2D eigenvalue weighted by Crippen LogP contribution is 2.25. The van der Waals surface area contributed by atoms with E-state index in [1.165, 1.54) is 12.1 Å². The number of hydrogen-bond acceptors (Lipinski definition) is 2. The van der Waals surface area contributed by atoms with Gasteiger partial charge in [-0.1, -0.05) is 0 Å². The van der Waals surface area contributed by atoms with Gasteiger partial charge in [-0.05, 0) is 52.3 Å². The number of fused-ring (bicyclic) bond motifs is 1. The predicted octanol–water partition coefficient (Wildman–Crippen LogP) is 4.37. The summed E-state index contributed by atoms with van der Waals surface area (Å²) in [5.41, 5.74) is 2.40. The molecule has 0 spiro atoms. The Labute approximate surface area is 122 Å². The molecule has 0 fully saturated rings. The van der Waals surface area contributed by atoms with Gasteiger partial charge in [-0.15, -0.1) is 0 Å². The fraction of sp³-hybridized carbons (Fsp3) is 0.0714. The number of aromatic nitrogens is 2. The van der Waals surface area contributed by atoms with Crippen LogP contribution in [0, 0.1) is 0 Å². The average Bonchev–Trinajstić information content (AvgIpc) is 2.84. The van der Waals surface area contributed by atoms with Crippen LogP contribution >= 0.6 is 15.9 Å². The van der Waals surface area contributed by atoms with Crippen LogP contribution in [0.2, 0.25) is 0 Å². The van der Waals surface area contributed by atoms with E-state index in [4.69, 9.17) is 0 Å². The zero-order valence-electron chi connectivity index (χ0n) is 10.1. The molecule has 0 atom stereocenters. The summed E-state index contributed by atoms with van der Waals surface area (Å²) in [7, 11) is 0. The smallest absolute Gasteiger partial charge is 0.387 e. The molecule has 0 bridgehead atoms. The Morgan fingerprint density at radius 1 is 1.15 bits per heavy atom. The second-order valence-corrected chi connectivity index (χ2v) is 4.97. The van der Waals surface area contributed by atoms with E-state index in [9.17, 15) is 8.78 Å². The Morgan fingerprint density at radius 2 is 1.90 bits per heavy atom. The van der Waals surface area contributed by atoms with Gasteiger partial charge in [0.15, 0.2) is 5.65 Å². The lowest BCUT2D eigenvalue weighted by Gasteiger charge is -2.04. The summed E-state index contributed by atoms with van der Waals surface area (Å²) in [6.45, 7) is -2.81. The number of ether oxygens (including phenoxy) is 1. The highest BCUT2D eigenvalue weighted by Gasteiger charge is 2.08. The molecule has 0 radical (unpaired) electrons. The van der Waals surface area contributed by atoms with Gasteiger partial charge < -0.3 is 9.14 Å². The lowest BCUT2D eigenvalue weighted by Crippen LogP contribution is -2.01. The largest absolute Gasteiger partial charge is 0.435 e. The minimum atomic E-state index is -2.81. The molecule has 3 nitrogen and oxygen atoms in total. The average molecular weight is 339 g/mol. The van der Waals surface area contributed by atoms with E-state index < -0.39 is 6.61 Å². The zero-order valence-corrected chi connectivity index (χ0v) is 11.7. The van der Waals surface area contributed by atoms with E-state index in [1.807, 2.05) is 28.9 Å². The molecule has 20 heavy (non-hydrogen) atoms. The van der Waals surface area contributed by atoms with Gasteiger partial charge in [-0.3, -0.25) is 0 Å². The van der Waals surface area contributed by atoms with Crippen LogP contribution in [-0.2, 0) is 0 Å². The Morgan fingerprint density at radius 3 is 2.55 bits per heavy atom. The van der Waals surface area contributed by atoms with E-state index >= 15 is 0 Å². The molecule has 2 aromatic heterocycles. The normalized spacial score (nSPS) is 11.2. The first-order valence-electron chi connectivity index (χ1n) is 5.82. The number of pyridine rings is 1. The third-order valence-corrected chi connectivity index (χ3v) is 3.43. The first-order valence-corrected chi connectivity index (χ1v) is 6.61. The third kappa shape index (κ3) is 2.51. The van der Waals surface area contributed by atoms with Crippen LogP contribution in [0.5, 0.6) is 5.75 Å². The molecule has 0 N–H and O–H groups in total. The van der Waals surface area contributed by atoms with Crippen LogP contribution in [0.4, 0.5) is 8.78 Å². The van der Waals surface area contributed by atoms with E-state index in [0.717, 1.165) is 21.4 Å². The van der Waals surface area contributed by atoms with Crippen LogP contribution in [0.15, 0.2) is 53.3 Å². The fourth-order valence-corrected chi connectivity index (χ4v) is 2.37. The Hall–Kier alpha value is -1.95. The quantitative estimate of drug-likeness (QED) is 0.709. The standard InChI is InChI=1S/C14H9BrF2N2O/c15-11-2-1-7-19-8-12(18-13(11)19)9-3-5-10(6-4-9)20-14(16)17/h1-8,14H. The third-order valence-electron chi connectivity index (χ3n) is 2.81. The van der Waals surface area contributed by atoms with Gasteiger partial charge in [0.05, 0.1) is 10.2 Å². The summed E-state index contributed by atoms with van der Waals surface area (Å²) < 4.78 is 31.3. The van der Waals surface area contributed by atoms with Crippen LogP contribution in [0.25, 0.3) is 16.9 Å². The Kier molecular flexibility index (Phi) is 3.40. The maximum Gasteiger partial charge on any atom is 0.387 e. The summed E-state index contributed by atoms with van der Waals surface area (Å²) in [4.78, 5) is 4.50. The van der Waals surface area contributed by atoms with Gasteiger partial charge in [-0.25, -0.2) is 4.98 Å². The summed E-state index contributed by atoms with van der Waals surface area (Å²) in [5, 5.41) is 0. The van der Waals surface area contributed by atoms with Crippen molar-refractivity contribution in [3.05, 3.63) is 53.3 Å². The highest BCUT2D eigenvalue weighted by atomic mass is 79.9. The maximum absolute atomic E-state index is 12.1. The van der Waals surface area contributed by atoms with Gasteiger partial charge >= 0.3 is 6.61 Å². The number of halogens is 3. The maximum atomic E-state index is 12.1. The van der Waals surface area contributed by atoms with Gasteiger partial charge in [0.2, 0.25) is 0 Å².